The Balaban J connectivity index is 1.71. The number of H-pyrrole nitrogens is 1. The quantitative estimate of drug-likeness (QED) is 0.730. The zero-order chi connectivity index (χ0) is 13.1. The van der Waals surface area contributed by atoms with E-state index in [0.717, 1.165) is 25.2 Å². The van der Waals surface area contributed by atoms with E-state index in [1.54, 1.807) is 0 Å². The highest BCUT2D eigenvalue weighted by Crippen LogP contribution is 2.18. The maximum Gasteiger partial charge on any atom is 0.0964 e. The van der Waals surface area contributed by atoms with Crippen molar-refractivity contribution < 1.29 is 0 Å². The van der Waals surface area contributed by atoms with Crippen molar-refractivity contribution in [1.82, 2.24) is 25.3 Å². The molecule has 5 heteroatoms. The van der Waals surface area contributed by atoms with Crippen LogP contribution in [0, 0.1) is 0 Å². The third kappa shape index (κ3) is 2.51. The second-order valence-corrected chi connectivity index (χ2v) is 4.61. The summed E-state index contributed by atoms with van der Waals surface area (Å²) >= 11 is 0. The predicted molar refractivity (Wildman–Crippen MR) is 74.8 cm³/mol. The van der Waals surface area contributed by atoms with E-state index in [2.05, 4.69) is 45.0 Å². The van der Waals surface area contributed by atoms with E-state index < -0.39 is 0 Å². The molecule has 0 saturated carbocycles. The normalized spacial score (nSPS) is 11.2. The lowest BCUT2D eigenvalue weighted by Crippen LogP contribution is -2.05. The number of aromatic nitrogens is 4. The highest BCUT2D eigenvalue weighted by atomic mass is 15.4. The molecule has 0 aliphatic heterocycles. The van der Waals surface area contributed by atoms with E-state index in [4.69, 9.17) is 0 Å². The van der Waals surface area contributed by atoms with Crippen molar-refractivity contribution in [2.45, 2.75) is 19.5 Å². The highest BCUT2D eigenvalue weighted by molar-refractivity contribution is 5.82. The maximum absolute atomic E-state index is 4.13. The van der Waals surface area contributed by atoms with Gasteiger partial charge in [0, 0.05) is 36.4 Å². The predicted octanol–water partition coefficient (Wildman–Crippen LogP) is 1.72. The van der Waals surface area contributed by atoms with Gasteiger partial charge in [-0.3, -0.25) is 4.68 Å². The van der Waals surface area contributed by atoms with Gasteiger partial charge in [0.15, 0.2) is 0 Å². The van der Waals surface area contributed by atoms with E-state index in [-0.39, 0.29) is 0 Å². The first kappa shape index (κ1) is 11.9. The Morgan fingerprint density at radius 3 is 3.11 bits per heavy atom. The molecule has 0 aliphatic rings. The number of hydrogen-bond donors (Lipinski definition) is 2. The Morgan fingerprint density at radius 2 is 2.21 bits per heavy atom. The molecule has 3 aromatic rings. The van der Waals surface area contributed by atoms with Gasteiger partial charge in [-0.05, 0) is 25.1 Å². The van der Waals surface area contributed by atoms with Gasteiger partial charge in [0.1, 0.15) is 0 Å². The molecule has 0 fully saturated rings. The Labute approximate surface area is 111 Å². The Hall–Kier alpha value is -2.14. The van der Waals surface area contributed by atoms with Gasteiger partial charge < -0.3 is 10.3 Å². The van der Waals surface area contributed by atoms with Crippen LogP contribution in [-0.2, 0) is 19.5 Å². The molecule has 0 unspecified atom stereocenters. The summed E-state index contributed by atoms with van der Waals surface area (Å²) in [6, 6.07) is 8.36. The van der Waals surface area contributed by atoms with Gasteiger partial charge in [-0.1, -0.05) is 23.4 Å². The Kier molecular flexibility index (Phi) is 3.29. The molecule has 19 heavy (non-hydrogen) atoms. The average molecular weight is 255 g/mol. The smallest absolute Gasteiger partial charge is 0.0964 e. The third-order valence-corrected chi connectivity index (χ3v) is 3.23. The Morgan fingerprint density at radius 1 is 1.32 bits per heavy atom. The SMILES string of the molecule is CNCc1cn(CCc2c[nH]c3ccccc23)nn1. The van der Waals surface area contributed by atoms with Crippen molar-refractivity contribution in [2.24, 2.45) is 0 Å². The van der Waals surface area contributed by atoms with Crippen molar-refractivity contribution in [1.29, 1.82) is 0 Å². The summed E-state index contributed by atoms with van der Waals surface area (Å²) in [6.07, 6.45) is 5.02. The van der Waals surface area contributed by atoms with Crippen molar-refractivity contribution in [3.63, 3.8) is 0 Å². The van der Waals surface area contributed by atoms with Crippen LogP contribution in [0.3, 0.4) is 0 Å². The van der Waals surface area contributed by atoms with Crippen LogP contribution in [0.25, 0.3) is 10.9 Å². The second kappa shape index (κ2) is 5.24. The van der Waals surface area contributed by atoms with Crippen LogP contribution in [0.5, 0.6) is 0 Å². The number of hydrogen-bond acceptors (Lipinski definition) is 3. The standard InChI is InChI=1S/C14H17N5/c1-15-9-12-10-19(18-17-12)7-6-11-8-16-14-5-3-2-4-13(11)14/h2-5,8,10,15-16H,6-7,9H2,1H3. The molecule has 0 radical (unpaired) electrons. The number of aromatic amines is 1. The van der Waals surface area contributed by atoms with Gasteiger partial charge in [-0.15, -0.1) is 5.10 Å². The molecule has 2 N–H and O–H groups in total. The summed E-state index contributed by atoms with van der Waals surface area (Å²) in [5.41, 5.74) is 3.48. The first-order valence-corrected chi connectivity index (χ1v) is 6.45. The van der Waals surface area contributed by atoms with Gasteiger partial charge in [0.25, 0.3) is 0 Å². The zero-order valence-electron chi connectivity index (χ0n) is 10.9. The van der Waals surface area contributed by atoms with E-state index in [0.29, 0.717) is 0 Å². The minimum Gasteiger partial charge on any atom is -0.361 e. The molecule has 0 atom stereocenters. The fourth-order valence-corrected chi connectivity index (χ4v) is 2.28. The molecule has 2 heterocycles. The molecule has 3 rings (SSSR count). The lowest BCUT2D eigenvalue weighted by atomic mass is 10.1. The van der Waals surface area contributed by atoms with E-state index in [1.807, 2.05) is 24.0 Å². The van der Waals surface area contributed by atoms with E-state index in [9.17, 15) is 0 Å². The van der Waals surface area contributed by atoms with Crippen LogP contribution >= 0.6 is 0 Å². The zero-order valence-corrected chi connectivity index (χ0v) is 10.9. The molecule has 0 bridgehead atoms. The minimum absolute atomic E-state index is 0.757. The summed E-state index contributed by atoms with van der Waals surface area (Å²) in [5.74, 6) is 0. The number of fused-ring (bicyclic) bond motifs is 1. The number of aryl methyl sites for hydroxylation is 2. The number of nitrogens with zero attached hydrogens (tertiary/aromatic N) is 3. The van der Waals surface area contributed by atoms with Crippen LogP contribution in [0.1, 0.15) is 11.3 Å². The van der Waals surface area contributed by atoms with Gasteiger partial charge in [0.2, 0.25) is 0 Å². The molecule has 0 spiro atoms. The van der Waals surface area contributed by atoms with Crippen LogP contribution in [0.2, 0.25) is 0 Å². The summed E-state index contributed by atoms with van der Waals surface area (Å²) < 4.78 is 1.90. The third-order valence-electron chi connectivity index (χ3n) is 3.23. The summed E-state index contributed by atoms with van der Waals surface area (Å²) in [6.45, 7) is 1.60. The Bertz CT molecular complexity index is 667. The van der Waals surface area contributed by atoms with Crippen LogP contribution in [0.15, 0.2) is 36.7 Å². The van der Waals surface area contributed by atoms with Crippen molar-refractivity contribution in [3.8, 4) is 0 Å². The number of benzene rings is 1. The molecule has 5 nitrogen and oxygen atoms in total. The van der Waals surface area contributed by atoms with Gasteiger partial charge in [-0.2, -0.15) is 0 Å². The van der Waals surface area contributed by atoms with Crippen LogP contribution in [0.4, 0.5) is 0 Å². The van der Waals surface area contributed by atoms with Crippen molar-refractivity contribution >= 4 is 10.9 Å². The monoisotopic (exact) mass is 255 g/mol. The van der Waals surface area contributed by atoms with Gasteiger partial charge >= 0.3 is 0 Å². The first-order valence-electron chi connectivity index (χ1n) is 6.45. The molecule has 98 valence electrons. The van der Waals surface area contributed by atoms with Crippen molar-refractivity contribution in [2.75, 3.05) is 7.05 Å². The lowest BCUT2D eigenvalue weighted by molar-refractivity contribution is 0.590. The number of para-hydroxylation sites is 1. The number of rotatable bonds is 5. The first-order chi connectivity index (χ1) is 9.36. The van der Waals surface area contributed by atoms with E-state index >= 15 is 0 Å². The maximum atomic E-state index is 4.13. The van der Waals surface area contributed by atoms with Crippen LogP contribution in [-0.4, -0.2) is 27.0 Å². The second-order valence-electron chi connectivity index (χ2n) is 4.61. The molecule has 0 saturated heterocycles. The lowest BCUT2D eigenvalue weighted by Gasteiger charge is -1.99. The summed E-state index contributed by atoms with van der Waals surface area (Å²) in [7, 11) is 1.91. The molecule has 1 aromatic carbocycles. The van der Waals surface area contributed by atoms with Gasteiger partial charge in [0.05, 0.1) is 5.69 Å². The molecule has 0 aliphatic carbocycles. The average Bonchev–Trinajstić information content (AvgIpc) is 3.04. The highest BCUT2D eigenvalue weighted by Gasteiger charge is 2.04. The fourth-order valence-electron chi connectivity index (χ4n) is 2.28. The summed E-state index contributed by atoms with van der Waals surface area (Å²) in [4.78, 5) is 3.29. The fraction of sp³-hybridized carbons (Fsp3) is 0.286. The topological polar surface area (TPSA) is 58.5 Å². The largest absolute Gasteiger partial charge is 0.361 e. The van der Waals surface area contributed by atoms with Gasteiger partial charge in [-0.25, -0.2) is 0 Å². The van der Waals surface area contributed by atoms with Crippen LogP contribution < -0.4 is 5.32 Å². The molecular formula is C14H17N5. The molecular weight excluding hydrogens is 238 g/mol. The minimum atomic E-state index is 0.757. The molecule has 2 aromatic heterocycles. The number of nitrogens with one attached hydrogen (secondary N) is 2. The summed E-state index contributed by atoms with van der Waals surface area (Å²) in [5, 5.41) is 12.6. The molecule has 0 amide bonds. The van der Waals surface area contributed by atoms with E-state index in [1.165, 1.54) is 16.5 Å². The van der Waals surface area contributed by atoms with Crippen molar-refractivity contribution in [3.05, 3.63) is 47.9 Å².